The van der Waals surface area contributed by atoms with Crippen LogP contribution in [-0.2, 0) is 9.59 Å². The van der Waals surface area contributed by atoms with Crippen molar-refractivity contribution in [2.45, 2.75) is 33.1 Å². The van der Waals surface area contributed by atoms with Gasteiger partial charge in [-0.3, -0.25) is 9.59 Å². The van der Waals surface area contributed by atoms with Gasteiger partial charge in [-0.05, 0) is 31.1 Å². The van der Waals surface area contributed by atoms with Crippen LogP contribution in [-0.4, -0.2) is 35.0 Å². The molecule has 2 unspecified atom stereocenters. The SMILES string of the molecule is CC1C[C@H](C(=O)N2CCC(C)C2)[C@H](C(=O)O)C1. The van der Waals surface area contributed by atoms with E-state index in [1.54, 1.807) is 0 Å². The number of hydrogen-bond acceptors (Lipinski definition) is 2. The van der Waals surface area contributed by atoms with Gasteiger partial charge in [0, 0.05) is 13.1 Å². The average molecular weight is 239 g/mol. The zero-order valence-electron chi connectivity index (χ0n) is 10.6. The molecule has 0 spiro atoms. The first-order chi connectivity index (χ1) is 7.99. The molecule has 1 saturated heterocycles. The monoisotopic (exact) mass is 239 g/mol. The van der Waals surface area contributed by atoms with Crippen LogP contribution in [0.2, 0.25) is 0 Å². The molecule has 0 bridgehead atoms. The first-order valence-electron chi connectivity index (χ1n) is 6.50. The van der Waals surface area contributed by atoms with Crippen LogP contribution < -0.4 is 0 Å². The Balaban J connectivity index is 2.05. The third-order valence-electron chi connectivity index (χ3n) is 4.17. The predicted octanol–water partition coefficient (Wildman–Crippen LogP) is 1.60. The van der Waals surface area contributed by atoms with Gasteiger partial charge in [0.05, 0.1) is 11.8 Å². The van der Waals surface area contributed by atoms with Gasteiger partial charge in [0.15, 0.2) is 0 Å². The lowest BCUT2D eigenvalue weighted by Crippen LogP contribution is -2.37. The van der Waals surface area contributed by atoms with Gasteiger partial charge in [0.1, 0.15) is 0 Å². The topological polar surface area (TPSA) is 57.6 Å². The van der Waals surface area contributed by atoms with Gasteiger partial charge in [-0.2, -0.15) is 0 Å². The number of carboxylic acids is 1. The molecular formula is C13H21NO3. The first-order valence-corrected chi connectivity index (χ1v) is 6.50. The van der Waals surface area contributed by atoms with Crippen molar-refractivity contribution in [3.8, 4) is 0 Å². The fraction of sp³-hybridized carbons (Fsp3) is 0.846. The summed E-state index contributed by atoms with van der Waals surface area (Å²) in [7, 11) is 0. The van der Waals surface area contributed by atoms with Crippen molar-refractivity contribution in [1.29, 1.82) is 0 Å². The second-order valence-electron chi connectivity index (χ2n) is 5.81. The second kappa shape index (κ2) is 4.67. The number of carboxylic acid groups (broad SMARTS) is 1. The van der Waals surface area contributed by atoms with Gasteiger partial charge in [0.25, 0.3) is 0 Å². The van der Waals surface area contributed by atoms with Gasteiger partial charge in [0.2, 0.25) is 5.91 Å². The molecule has 4 atom stereocenters. The lowest BCUT2D eigenvalue weighted by Gasteiger charge is -2.22. The Hall–Kier alpha value is -1.06. The zero-order chi connectivity index (χ0) is 12.6. The molecule has 0 aromatic heterocycles. The largest absolute Gasteiger partial charge is 0.481 e. The fourth-order valence-corrected chi connectivity index (χ4v) is 3.21. The number of likely N-dealkylation sites (tertiary alicyclic amines) is 1. The van der Waals surface area contributed by atoms with Crippen LogP contribution in [0.5, 0.6) is 0 Å². The van der Waals surface area contributed by atoms with Crippen molar-refractivity contribution in [3.63, 3.8) is 0 Å². The molecule has 0 aromatic rings. The van der Waals surface area contributed by atoms with Crippen molar-refractivity contribution >= 4 is 11.9 Å². The van der Waals surface area contributed by atoms with Crippen LogP contribution in [0.1, 0.15) is 33.1 Å². The van der Waals surface area contributed by atoms with Crippen LogP contribution in [0, 0.1) is 23.7 Å². The Labute approximate surface area is 102 Å². The molecule has 1 heterocycles. The number of hydrogen-bond donors (Lipinski definition) is 1. The molecule has 4 nitrogen and oxygen atoms in total. The van der Waals surface area contributed by atoms with Gasteiger partial charge in [-0.25, -0.2) is 0 Å². The Morgan fingerprint density at radius 1 is 1.12 bits per heavy atom. The van der Waals surface area contributed by atoms with E-state index < -0.39 is 11.9 Å². The van der Waals surface area contributed by atoms with Crippen molar-refractivity contribution in [3.05, 3.63) is 0 Å². The van der Waals surface area contributed by atoms with E-state index in [1.165, 1.54) is 0 Å². The quantitative estimate of drug-likeness (QED) is 0.796. The molecule has 96 valence electrons. The zero-order valence-corrected chi connectivity index (χ0v) is 10.6. The molecule has 1 aliphatic heterocycles. The summed E-state index contributed by atoms with van der Waals surface area (Å²) in [5.41, 5.74) is 0. The van der Waals surface area contributed by atoms with Crippen LogP contribution in [0.25, 0.3) is 0 Å². The minimum absolute atomic E-state index is 0.0751. The van der Waals surface area contributed by atoms with E-state index in [-0.39, 0.29) is 11.8 Å². The molecule has 1 aliphatic carbocycles. The maximum absolute atomic E-state index is 12.3. The van der Waals surface area contributed by atoms with Gasteiger partial charge in [-0.1, -0.05) is 13.8 Å². The molecule has 17 heavy (non-hydrogen) atoms. The molecule has 1 amide bonds. The van der Waals surface area contributed by atoms with Crippen molar-refractivity contribution in [1.82, 2.24) is 4.90 Å². The molecule has 1 N–H and O–H groups in total. The van der Waals surface area contributed by atoms with E-state index in [0.717, 1.165) is 25.9 Å². The second-order valence-corrected chi connectivity index (χ2v) is 5.81. The minimum Gasteiger partial charge on any atom is -0.481 e. The molecule has 2 aliphatic rings. The summed E-state index contributed by atoms with van der Waals surface area (Å²) in [5, 5.41) is 9.17. The summed E-state index contributed by atoms with van der Waals surface area (Å²) in [6.07, 6.45) is 2.43. The van der Waals surface area contributed by atoms with Crippen molar-refractivity contribution in [2.75, 3.05) is 13.1 Å². The molecule has 4 heteroatoms. The third-order valence-corrected chi connectivity index (χ3v) is 4.17. The number of amides is 1. The van der Waals surface area contributed by atoms with Crippen LogP contribution in [0.3, 0.4) is 0 Å². The summed E-state index contributed by atoms with van der Waals surface area (Å²) < 4.78 is 0. The predicted molar refractivity (Wildman–Crippen MR) is 63.4 cm³/mol. The Morgan fingerprint density at radius 2 is 1.76 bits per heavy atom. The summed E-state index contributed by atoms with van der Waals surface area (Å²) in [5.74, 6) is -0.571. The van der Waals surface area contributed by atoms with Crippen LogP contribution in [0.15, 0.2) is 0 Å². The van der Waals surface area contributed by atoms with Crippen LogP contribution in [0.4, 0.5) is 0 Å². The number of carbonyl (C=O) groups excluding carboxylic acids is 1. The summed E-state index contributed by atoms with van der Waals surface area (Å²) in [6, 6.07) is 0. The maximum atomic E-state index is 12.3. The van der Waals surface area contributed by atoms with Gasteiger partial charge in [-0.15, -0.1) is 0 Å². The minimum atomic E-state index is -0.806. The molecule has 2 rings (SSSR count). The van der Waals surface area contributed by atoms with Gasteiger partial charge >= 0.3 is 5.97 Å². The maximum Gasteiger partial charge on any atom is 0.307 e. The summed E-state index contributed by atoms with van der Waals surface area (Å²) >= 11 is 0. The van der Waals surface area contributed by atoms with E-state index >= 15 is 0 Å². The van der Waals surface area contributed by atoms with Crippen molar-refractivity contribution in [2.24, 2.45) is 23.7 Å². The van der Waals surface area contributed by atoms with Gasteiger partial charge < -0.3 is 10.0 Å². The van der Waals surface area contributed by atoms with Crippen molar-refractivity contribution < 1.29 is 14.7 Å². The highest BCUT2D eigenvalue weighted by atomic mass is 16.4. The van der Waals surface area contributed by atoms with Crippen LogP contribution >= 0.6 is 0 Å². The molecular weight excluding hydrogens is 218 g/mol. The van der Waals surface area contributed by atoms with E-state index in [1.807, 2.05) is 11.8 Å². The Morgan fingerprint density at radius 3 is 2.29 bits per heavy atom. The molecule has 2 fully saturated rings. The van der Waals surface area contributed by atoms with E-state index in [9.17, 15) is 14.7 Å². The Kier molecular flexibility index (Phi) is 3.40. The lowest BCUT2D eigenvalue weighted by molar-refractivity contribution is -0.148. The standard InChI is InChI=1S/C13H21NO3/c1-8-3-4-14(7-8)12(15)10-5-9(2)6-11(10)13(16)17/h8-11H,3-7H2,1-2H3,(H,16,17)/t8?,9?,10-,11+/m0/s1. The highest BCUT2D eigenvalue weighted by Crippen LogP contribution is 2.38. The average Bonchev–Trinajstić information content (AvgIpc) is 2.83. The first kappa shape index (κ1) is 12.4. The van der Waals surface area contributed by atoms with E-state index in [0.29, 0.717) is 18.3 Å². The highest BCUT2D eigenvalue weighted by Gasteiger charge is 2.43. The molecule has 0 aromatic carbocycles. The fourth-order valence-electron chi connectivity index (χ4n) is 3.21. The lowest BCUT2D eigenvalue weighted by atomic mass is 9.95. The summed E-state index contributed by atoms with van der Waals surface area (Å²) in [4.78, 5) is 25.4. The number of nitrogens with zero attached hydrogens (tertiary/aromatic N) is 1. The van der Waals surface area contributed by atoms with E-state index in [2.05, 4.69) is 6.92 Å². The summed E-state index contributed by atoms with van der Waals surface area (Å²) in [6.45, 7) is 5.78. The normalized spacial score (nSPS) is 37.4. The smallest absolute Gasteiger partial charge is 0.307 e. The number of aliphatic carboxylic acids is 1. The molecule has 0 radical (unpaired) electrons. The number of rotatable bonds is 2. The third kappa shape index (κ3) is 2.45. The highest BCUT2D eigenvalue weighted by molar-refractivity contribution is 5.85. The Bertz CT molecular complexity index is 329. The van der Waals surface area contributed by atoms with E-state index in [4.69, 9.17) is 0 Å². The number of carbonyl (C=O) groups is 2. The molecule has 1 saturated carbocycles.